The van der Waals surface area contributed by atoms with Crippen molar-refractivity contribution in [3.8, 4) is 0 Å². The first-order chi connectivity index (χ1) is 9.83. The molecule has 3 nitrogen and oxygen atoms in total. The monoisotopic (exact) mass is 276 g/mol. The zero-order chi connectivity index (χ0) is 14.2. The van der Waals surface area contributed by atoms with Crippen LogP contribution in [0.4, 0.5) is 0 Å². The van der Waals surface area contributed by atoms with Crippen molar-refractivity contribution in [3.05, 3.63) is 35.9 Å². The van der Waals surface area contributed by atoms with Crippen LogP contribution in [0.15, 0.2) is 30.3 Å². The molecule has 1 aliphatic rings. The minimum absolute atomic E-state index is 0.339. The van der Waals surface area contributed by atoms with Crippen LogP contribution < -0.4 is 5.32 Å². The number of aliphatic hydroxyl groups is 1. The number of hydrogen-bond donors (Lipinski definition) is 2. The second-order valence-electron chi connectivity index (χ2n) is 5.80. The molecule has 112 valence electrons. The number of nitrogens with one attached hydrogen (secondary N) is 1. The first-order valence-electron chi connectivity index (χ1n) is 7.95. The maximum absolute atomic E-state index is 9.31. The molecule has 1 fully saturated rings. The summed E-state index contributed by atoms with van der Waals surface area (Å²) in [5, 5.41) is 12.9. The van der Waals surface area contributed by atoms with Gasteiger partial charge in [0.25, 0.3) is 0 Å². The second-order valence-corrected chi connectivity index (χ2v) is 5.80. The molecular formula is C17H28N2O. The molecule has 0 radical (unpaired) electrons. The van der Waals surface area contributed by atoms with Gasteiger partial charge in [-0.25, -0.2) is 0 Å². The largest absolute Gasteiger partial charge is 0.396 e. The Morgan fingerprint density at radius 1 is 1.35 bits per heavy atom. The van der Waals surface area contributed by atoms with Crippen LogP contribution in [-0.2, 0) is 0 Å². The second kappa shape index (κ2) is 8.40. The van der Waals surface area contributed by atoms with Crippen LogP contribution in [0.3, 0.4) is 0 Å². The van der Waals surface area contributed by atoms with E-state index in [9.17, 15) is 5.11 Å². The number of likely N-dealkylation sites (tertiary alicyclic amines) is 1. The fourth-order valence-electron chi connectivity index (χ4n) is 3.13. The zero-order valence-corrected chi connectivity index (χ0v) is 12.6. The van der Waals surface area contributed by atoms with Gasteiger partial charge in [-0.15, -0.1) is 0 Å². The number of nitrogens with zero attached hydrogens (tertiary/aromatic N) is 1. The SMILES string of the molecule is CCNC(CCN1CCCC(CO)C1)c1ccccc1. The molecule has 2 unspecified atom stereocenters. The van der Waals surface area contributed by atoms with Gasteiger partial charge in [0.1, 0.15) is 0 Å². The lowest BCUT2D eigenvalue weighted by Gasteiger charge is -2.33. The quantitative estimate of drug-likeness (QED) is 0.803. The molecule has 0 aliphatic carbocycles. The fraction of sp³-hybridized carbons (Fsp3) is 0.647. The summed E-state index contributed by atoms with van der Waals surface area (Å²) in [5.74, 6) is 0.484. The summed E-state index contributed by atoms with van der Waals surface area (Å²) in [7, 11) is 0. The molecule has 0 aromatic heterocycles. The summed E-state index contributed by atoms with van der Waals surface area (Å²) in [6.07, 6.45) is 3.54. The predicted molar refractivity (Wildman–Crippen MR) is 83.7 cm³/mol. The third kappa shape index (κ3) is 4.58. The van der Waals surface area contributed by atoms with Crippen molar-refractivity contribution in [2.75, 3.05) is 32.8 Å². The van der Waals surface area contributed by atoms with E-state index < -0.39 is 0 Å². The predicted octanol–water partition coefficient (Wildman–Crippen LogP) is 2.43. The Hall–Kier alpha value is -0.900. The fourth-order valence-corrected chi connectivity index (χ4v) is 3.13. The van der Waals surface area contributed by atoms with Crippen LogP contribution >= 0.6 is 0 Å². The highest BCUT2D eigenvalue weighted by Gasteiger charge is 2.20. The van der Waals surface area contributed by atoms with Gasteiger partial charge in [-0.05, 0) is 50.4 Å². The normalized spacial score (nSPS) is 21.8. The van der Waals surface area contributed by atoms with E-state index in [0.717, 1.165) is 26.1 Å². The van der Waals surface area contributed by atoms with Crippen LogP contribution in [0.25, 0.3) is 0 Å². The molecule has 2 N–H and O–H groups in total. The number of aliphatic hydroxyl groups excluding tert-OH is 1. The standard InChI is InChI=1S/C17H28N2O/c1-2-18-17(16-8-4-3-5-9-16)10-12-19-11-6-7-15(13-19)14-20/h3-5,8-9,15,17-18,20H,2,6-7,10-14H2,1H3. The van der Waals surface area contributed by atoms with Gasteiger partial charge in [0.2, 0.25) is 0 Å². The molecule has 3 heteroatoms. The summed E-state index contributed by atoms with van der Waals surface area (Å²) in [4.78, 5) is 2.51. The van der Waals surface area contributed by atoms with E-state index >= 15 is 0 Å². The van der Waals surface area contributed by atoms with Crippen molar-refractivity contribution in [1.29, 1.82) is 0 Å². The van der Waals surface area contributed by atoms with Gasteiger partial charge in [0.15, 0.2) is 0 Å². The Labute approximate surface area is 123 Å². The third-order valence-corrected chi connectivity index (χ3v) is 4.25. The van der Waals surface area contributed by atoms with Gasteiger partial charge >= 0.3 is 0 Å². The average Bonchev–Trinajstić information content (AvgIpc) is 2.52. The molecule has 1 aliphatic heterocycles. The lowest BCUT2D eigenvalue weighted by Crippen LogP contribution is -2.38. The smallest absolute Gasteiger partial charge is 0.0471 e. The summed E-state index contributed by atoms with van der Waals surface area (Å²) in [6.45, 7) is 6.86. The minimum atomic E-state index is 0.339. The van der Waals surface area contributed by atoms with Crippen LogP contribution in [0.1, 0.15) is 37.8 Å². The van der Waals surface area contributed by atoms with E-state index in [1.807, 2.05) is 0 Å². The van der Waals surface area contributed by atoms with Crippen molar-refractivity contribution >= 4 is 0 Å². The topological polar surface area (TPSA) is 35.5 Å². The molecule has 20 heavy (non-hydrogen) atoms. The average molecular weight is 276 g/mol. The molecule has 1 aromatic rings. The molecule has 0 amide bonds. The molecule has 1 aromatic carbocycles. The first kappa shape index (κ1) is 15.5. The van der Waals surface area contributed by atoms with E-state index in [1.165, 1.54) is 24.9 Å². The van der Waals surface area contributed by atoms with E-state index in [2.05, 4.69) is 47.5 Å². The minimum Gasteiger partial charge on any atom is -0.396 e. The van der Waals surface area contributed by atoms with Gasteiger partial charge in [-0.1, -0.05) is 37.3 Å². The zero-order valence-electron chi connectivity index (χ0n) is 12.6. The highest BCUT2D eigenvalue weighted by atomic mass is 16.3. The number of piperidine rings is 1. The van der Waals surface area contributed by atoms with Crippen LogP contribution in [-0.4, -0.2) is 42.8 Å². The molecule has 0 bridgehead atoms. The summed E-state index contributed by atoms with van der Waals surface area (Å²) in [5.41, 5.74) is 1.38. The van der Waals surface area contributed by atoms with Gasteiger partial charge in [-0.3, -0.25) is 0 Å². The number of benzene rings is 1. The number of hydrogen-bond acceptors (Lipinski definition) is 3. The Balaban J connectivity index is 1.86. The maximum atomic E-state index is 9.31. The van der Waals surface area contributed by atoms with E-state index in [0.29, 0.717) is 18.6 Å². The highest BCUT2D eigenvalue weighted by molar-refractivity contribution is 5.18. The lowest BCUT2D eigenvalue weighted by molar-refractivity contribution is 0.117. The molecule has 2 rings (SSSR count). The van der Waals surface area contributed by atoms with Gasteiger partial charge in [0, 0.05) is 19.2 Å². The van der Waals surface area contributed by atoms with Crippen molar-refractivity contribution in [3.63, 3.8) is 0 Å². The Morgan fingerprint density at radius 2 is 2.15 bits per heavy atom. The van der Waals surface area contributed by atoms with Gasteiger partial charge < -0.3 is 15.3 Å². The van der Waals surface area contributed by atoms with Gasteiger partial charge in [-0.2, -0.15) is 0 Å². The summed E-state index contributed by atoms with van der Waals surface area (Å²) >= 11 is 0. The molecule has 2 atom stereocenters. The summed E-state index contributed by atoms with van der Waals surface area (Å²) in [6, 6.07) is 11.2. The first-order valence-corrected chi connectivity index (χ1v) is 7.95. The maximum Gasteiger partial charge on any atom is 0.0471 e. The van der Waals surface area contributed by atoms with Crippen molar-refractivity contribution in [1.82, 2.24) is 10.2 Å². The third-order valence-electron chi connectivity index (χ3n) is 4.25. The molecule has 0 spiro atoms. The highest BCUT2D eigenvalue weighted by Crippen LogP contribution is 2.20. The van der Waals surface area contributed by atoms with Crippen molar-refractivity contribution in [2.24, 2.45) is 5.92 Å². The van der Waals surface area contributed by atoms with Crippen molar-refractivity contribution in [2.45, 2.75) is 32.2 Å². The van der Waals surface area contributed by atoms with Gasteiger partial charge in [0.05, 0.1) is 0 Å². The summed E-state index contributed by atoms with van der Waals surface area (Å²) < 4.78 is 0. The molecule has 1 heterocycles. The Morgan fingerprint density at radius 3 is 2.85 bits per heavy atom. The van der Waals surface area contributed by atoms with E-state index in [1.54, 1.807) is 0 Å². The number of rotatable bonds is 7. The van der Waals surface area contributed by atoms with E-state index in [-0.39, 0.29) is 0 Å². The Bertz CT molecular complexity index is 369. The van der Waals surface area contributed by atoms with Crippen LogP contribution in [0, 0.1) is 5.92 Å². The Kier molecular flexibility index (Phi) is 6.51. The van der Waals surface area contributed by atoms with E-state index in [4.69, 9.17) is 0 Å². The van der Waals surface area contributed by atoms with Crippen LogP contribution in [0.2, 0.25) is 0 Å². The van der Waals surface area contributed by atoms with Crippen molar-refractivity contribution < 1.29 is 5.11 Å². The molecular weight excluding hydrogens is 248 g/mol. The van der Waals surface area contributed by atoms with Crippen LogP contribution in [0.5, 0.6) is 0 Å². The lowest BCUT2D eigenvalue weighted by atomic mass is 9.98. The molecule has 1 saturated heterocycles. The molecule has 0 saturated carbocycles.